The van der Waals surface area contributed by atoms with Crippen LogP contribution < -0.4 is 0 Å². The third kappa shape index (κ3) is 5.12. The number of carbonyl (C=O) groups excluding carboxylic acids is 1. The predicted octanol–water partition coefficient (Wildman–Crippen LogP) is 2.50. The van der Waals surface area contributed by atoms with Crippen LogP contribution in [0.3, 0.4) is 0 Å². The highest BCUT2D eigenvalue weighted by molar-refractivity contribution is 7.99. The van der Waals surface area contributed by atoms with Crippen molar-refractivity contribution in [3.05, 3.63) is 11.8 Å². The summed E-state index contributed by atoms with van der Waals surface area (Å²) in [5, 5.41) is 8.52. The van der Waals surface area contributed by atoms with E-state index >= 15 is 0 Å². The molecule has 0 heterocycles. The van der Waals surface area contributed by atoms with Gasteiger partial charge in [-0.2, -0.15) is 11.8 Å². The molecule has 5 heteroatoms. The van der Waals surface area contributed by atoms with Crippen molar-refractivity contribution in [1.82, 2.24) is 4.90 Å². The molecule has 0 spiro atoms. The number of aliphatic carboxylic acids is 1. The number of allylic oxidation sites excluding steroid dienone is 2. The minimum absolute atomic E-state index is 0.0982. The van der Waals surface area contributed by atoms with Gasteiger partial charge in [-0.25, -0.2) is 0 Å². The largest absolute Gasteiger partial charge is 0.481 e. The highest BCUT2D eigenvalue weighted by atomic mass is 32.2. The molecule has 0 saturated heterocycles. The molecule has 1 N–H and O–H groups in total. The van der Waals surface area contributed by atoms with Gasteiger partial charge in [0.25, 0.3) is 0 Å². The first-order valence-corrected chi connectivity index (χ1v) is 7.59. The lowest BCUT2D eigenvalue weighted by Gasteiger charge is -2.26. The number of hydrogen-bond acceptors (Lipinski definition) is 3. The lowest BCUT2D eigenvalue weighted by atomic mass is 10.0. The van der Waals surface area contributed by atoms with Gasteiger partial charge in [-0.3, -0.25) is 9.59 Å². The van der Waals surface area contributed by atoms with Crippen LogP contribution >= 0.6 is 11.8 Å². The zero-order valence-corrected chi connectivity index (χ0v) is 11.7. The normalized spacial score (nSPS) is 15.1. The third-order valence-electron chi connectivity index (χ3n) is 2.92. The quantitative estimate of drug-likeness (QED) is 0.723. The van der Waals surface area contributed by atoms with Gasteiger partial charge >= 0.3 is 5.97 Å². The fraction of sp³-hybridized carbons (Fsp3) is 0.692. The maximum absolute atomic E-state index is 12.0. The van der Waals surface area contributed by atoms with Crippen molar-refractivity contribution >= 4 is 23.6 Å². The first-order valence-electron chi connectivity index (χ1n) is 6.44. The fourth-order valence-corrected chi connectivity index (χ4v) is 2.80. The fourth-order valence-electron chi connectivity index (χ4n) is 2.00. The van der Waals surface area contributed by atoms with Crippen LogP contribution in [0.5, 0.6) is 0 Å². The van der Waals surface area contributed by atoms with E-state index in [-0.39, 0.29) is 12.3 Å². The van der Waals surface area contributed by atoms with Crippen molar-refractivity contribution in [3.8, 4) is 0 Å². The van der Waals surface area contributed by atoms with Crippen LogP contribution in [0.25, 0.3) is 0 Å². The summed E-state index contributed by atoms with van der Waals surface area (Å²) in [6.07, 6.45) is 6.69. The highest BCUT2D eigenvalue weighted by Crippen LogP contribution is 2.21. The summed E-state index contributed by atoms with van der Waals surface area (Å²) in [4.78, 5) is 24.2. The summed E-state index contributed by atoms with van der Waals surface area (Å²) >= 11 is 1.40. The van der Waals surface area contributed by atoms with Crippen molar-refractivity contribution in [2.75, 3.05) is 18.1 Å². The molecule has 0 bridgehead atoms. The second-order valence-electron chi connectivity index (χ2n) is 4.28. The van der Waals surface area contributed by atoms with Crippen LogP contribution in [0.15, 0.2) is 11.8 Å². The first-order chi connectivity index (χ1) is 8.65. The van der Waals surface area contributed by atoms with Crippen molar-refractivity contribution < 1.29 is 14.7 Å². The van der Waals surface area contributed by atoms with Crippen molar-refractivity contribution in [2.24, 2.45) is 0 Å². The van der Waals surface area contributed by atoms with E-state index in [0.29, 0.717) is 18.1 Å². The van der Waals surface area contributed by atoms with Crippen molar-refractivity contribution in [2.45, 2.75) is 39.0 Å². The Labute approximate surface area is 112 Å². The number of nitrogens with zero attached hydrogens (tertiary/aromatic N) is 1. The number of carboxylic acids is 1. The first kappa shape index (κ1) is 15.1. The minimum Gasteiger partial charge on any atom is -0.481 e. The van der Waals surface area contributed by atoms with Gasteiger partial charge in [0.05, 0.1) is 12.2 Å². The number of carbonyl (C=O) groups is 2. The molecule has 18 heavy (non-hydrogen) atoms. The van der Waals surface area contributed by atoms with E-state index < -0.39 is 5.97 Å². The predicted molar refractivity (Wildman–Crippen MR) is 73.5 cm³/mol. The second-order valence-corrected chi connectivity index (χ2v) is 5.38. The summed E-state index contributed by atoms with van der Waals surface area (Å²) < 4.78 is 0. The number of rotatable bonds is 7. The van der Waals surface area contributed by atoms with E-state index in [2.05, 4.69) is 6.08 Å². The van der Waals surface area contributed by atoms with Gasteiger partial charge in [-0.15, -0.1) is 0 Å². The molecular formula is C13H21NO3S. The monoisotopic (exact) mass is 271 g/mol. The van der Waals surface area contributed by atoms with Crippen LogP contribution in [-0.4, -0.2) is 39.9 Å². The molecule has 0 radical (unpaired) electrons. The summed E-state index contributed by atoms with van der Waals surface area (Å²) in [5.41, 5.74) is 1.15. The minimum atomic E-state index is -0.808. The highest BCUT2D eigenvalue weighted by Gasteiger charge is 2.17. The van der Waals surface area contributed by atoms with Crippen LogP contribution in [0.4, 0.5) is 0 Å². The van der Waals surface area contributed by atoms with Crippen LogP contribution in [0.1, 0.15) is 39.0 Å². The number of hydrogen-bond donors (Lipinski definition) is 1. The van der Waals surface area contributed by atoms with Gasteiger partial charge in [0.15, 0.2) is 0 Å². The zero-order chi connectivity index (χ0) is 13.4. The smallest absolute Gasteiger partial charge is 0.304 e. The van der Waals surface area contributed by atoms with Crippen molar-refractivity contribution in [1.29, 1.82) is 0 Å². The molecule has 1 aliphatic carbocycles. The van der Waals surface area contributed by atoms with E-state index in [1.807, 2.05) is 11.8 Å². The molecule has 0 aromatic rings. The van der Waals surface area contributed by atoms with E-state index in [1.165, 1.54) is 18.2 Å². The van der Waals surface area contributed by atoms with Crippen LogP contribution in [-0.2, 0) is 9.59 Å². The van der Waals surface area contributed by atoms with Gasteiger partial charge in [0.1, 0.15) is 0 Å². The van der Waals surface area contributed by atoms with Crippen LogP contribution in [0.2, 0.25) is 0 Å². The van der Waals surface area contributed by atoms with Gasteiger partial charge in [0.2, 0.25) is 5.91 Å². The molecule has 102 valence electrons. The molecule has 1 rings (SSSR count). The Morgan fingerprint density at radius 1 is 1.44 bits per heavy atom. The van der Waals surface area contributed by atoms with E-state index in [4.69, 9.17) is 5.11 Å². The Balaban J connectivity index is 2.37. The zero-order valence-electron chi connectivity index (χ0n) is 10.9. The van der Waals surface area contributed by atoms with E-state index in [0.717, 1.165) is 25.0 Å². The topological polar surface area (TPSA) is 57.6 Å². The van der Waals surface area contributed by atoms with Gasteiger partial charge in [-0.05, 0) is 32.6 Å². The molecule has 0 aromatic carbocycles. The van der Waals surface area contributed by atoms with Gasteiger partial charge in [0, 0.05) is 18.0 Å². The standard InChI is InChI=1S/C13H21NO3S/c1-2-14(11-6-4-3-5-7-11)12(15)10-18-9-8-13(16)17/h6H,2-5,7-10H2,1H3,(H,16,17). The molecule has 0 unspecified atom stereocenters. The van der Waals surface area contributed by atoms with E-state index in [1.54, 1.807) is 0 Å². The molecule has 1 aliphatic rings. The van der Waals surface area contributed by atoms with Crippen LogP contribution in [0, 0.1) is 0 Å². The van der Waals surface area contributed by atoms with Gasteiger partial charge < -0.3 is 10.0 Å². The number of amides is 1. The molecule has 1 amide bonds. The average Bonchev–Trinajstić information content (AvgIpc) is 2.36. The summed E-state index contributed by atoms with van der Waals surface area (Å²) in [5.74, 6) is 0.161. The lowest BCUT2D eigenvalue weighted by molar-refractivity contribution is -0.136. The maximum Gasteiger partial charge on any atom is 0.304 e. The molecule has 0 atom stereocenters. The molecule has 4 nitrogen and oxygen atoms in total. The Hall–Kier alpha value is -0.970. The van der Waals surface area contributed by atoms with Gasteiger partial charge in [-0.1, -0.05) is 6.08 Å². The van der Waals surface area contributed by atoms with Crippen molar-refractivity contribution in [3.63, 3.8) is 0 Å². The second kappa shape index (κ2) is 8.19. The van der Waals surface area contributed by atoms with E-state index in [9.17, 15) is 9.59 Å². The molecular weight excluding hydrogens is 250 g/mol. The Bertz CT molecular complexity index is 328. The number of thioether (sulfide) groups is 1. The lowest BCUT2D eigenvalue weighted by Crippen LogP contribution is -2.32. The third-order valence-corrected chi connectivity index (χ3v) is 3.86. The Kier molecular flexibility index (Phi) is 6.86. The Morgan fingerprint density at radius 2 is 2.22 bits per heavy atom. The molecule has 0 aromatic heterocycles. The summed E-state index contributed by atoms with van der Waals surface area (Å²) in [6.45, 7) is 2.68. The molecule has 0 saturated carbocycles. The number of carboxylic acid groups (broad SMARTS) is 1. The Morgan fingerprint density at radius 3 is 2.78 bits per heavy atom. The summed E-state index contributed by atoms with van der Waals surface area (Å²) in [6, 6.07) is 0. The average molecular weight is 271 g/mol. The summed E-state index contributed by atoms with van der Waals surface area (Å²) in [7, 11) is 0. The molecule has 0 fully saturated rings. The maximum atomic E-state index is 12.0. The molecule has 0 aliphatic heterocycles. The SMILES string of the molecule is CCN(C(=O)CSCCC(=O)O)C1=CCCCC1.